The first-order valence-electron chi connectivity index (χ1n) is 6.45. The van der Waals surface area contributed by atoms with Gasteiger partial charge < -0.3 is 4.74 Å². The van der Waals surface area contributed by atoms with Gasteiger partial charge in [-0.1, -0.05) is 17.9 Å². The van der Waals surface area contributed by atoms with E-state index < -0.39 is 16.1 Å². The fourth-order valence-corrected chi connectivity index (χ4v) is 1.89. The van der Waals surface area contributed by atoms with E-state index in [1.54, 1.807) is 4.68 Å². The topological polar surface area (TPSA) is 100 Å². The lowest BCUT2D eigenvalue weighted by Crippen LogP contribution is -2.05. The quantitative estimate of drug-likeness (QED) is 0.272. The molecule has 1 aromatic rings. The molecule has 0 bridgehead atoms. The van der Waals surface area contributed by atoms with Crippen molar-refractivity contribution < 1.29 is 22.1 Å². The van der Waals surface area contributed by atoms with Gasteiger partial charge in [0.15, 0.2) is 5.69 Å². The normalized spacial score (nSPS) is 11.3. The average Bonchev–Trinajstić information content (AvgIpc) is 2.87. The lowest BCUT2D eigenvalue weighted by molar-refractivity contribution is 0.0542. The fraction of sp³-hybridized carbons (Fsp3) is 0.583. The van der Waals surface area contributed by atoms with Crippen molar-refractivity contribution in [3.8, 4) is 0 Å². The van der Waals surface area contributed by atoms with Gasteiger partial charge in [0, 0.05) is 6.54 Å². The molecule has 0 atom stereocenters. The van der Waals surface area contributed by atoms with Crippen LogP contribution in [0.1, 0.15) is 29.8 Å². The van der Waals surface area contributed by atoms with E-state index in [0.717, 1.165) is 19.1 Å². The molecular weight excluding hydrogens is 298 g/mol. The summed E-state index contributed by atoms with van der Waals surface area (Å²) in [6.07, 6.45) is 6.20. The van der Waals surface area contributed by atoms with Crippen molar-refractivity contribution in [2.24, 2.45) is 0 Å². The summed E-state index contributed by atoms with van der Waals surface area (Å²) in [4.78, 5) is 11.5. The van der Waals surface area contributed by atoms with Gasteiger partial charge in [0.25, 0.3) is 10.1 Å². The number of aryl methyl sites for hydroxylation is 1. The first-order chi connectivity index (χ1) is 9.92. The molecule has 0 amide bonds. The predicted octanol–water partition coefficient (Wildman–Crippen LogP) is 0.767. The third-order valence-corrected chi connectivity index (χ3v) is 3.00. The van der Waals surface area contributed by atoms with Gasteiger partial charge in [-0.3, -0.25) is 8.86 Å². The molecule has 1 heterocycles. The number of carbonyl (C=O) groups is 1. The SMILES string of the molecule is C=CCOC(=O)c1cn(CCCCCOS(C)(=O)=O)nn1. The molecule has 0 unspecified atom stereocenters. The molecule has 0 aliphatic heterocycles. The highest BCUT2D eigenvalue weighted by Gasteiger charge is 2.11. The number of rotatable bonds is 10. The zero-order valence-electron chi connectivity index (χ0n) is 11.9. The highest BCUT2D eigenvalue weighted by molar-refractivity contribution is 7.85. The molecule has 8 nitrogen and oxygen atoms in total. The van der Waals surface area contributed by atoms with Gasteiger partial charge in [-0.05, 0) is 19.3 Å². The molecule has 1 aromatic heterocycles. The van der Waals surface area contributed by atoms with Crippen molar-refractivity contribution in [1.29, 1.82) is 0 Å². The molecule has 1 rings (SSSR count). The number of esters is 1. The summed E-state index contributed by atoms with van der Waals surface area (Å²) < 4.78 is 32.5. The van der Waals surface area contributed by atoms with Crippen molar-refractivity contribution in [3.05, 3.63) is 24.5 Å². The van der Waals surface area contributed by atoms with Crippen molar-refractivity contribution in [2.45, 2.75) is 25.8 Å². The Morgan fingerprint density at radius 2 is 2.19 bits per heavy atom. The zero-order chi connectivity index (χ0) is 15.7. The van der Waals surface area contributed by atoms with Crippen molar-refractivity contribution in [1.82, 2.24) is 15.0 Å². The molecule has 0 spiro atoms. The Balaban J connectivity index is 2.23. The van der Waals surface area contributed by atoms with E-state index in [1.807, 2.05) is 0 Å². The van der Waals surface area contributed by atoms with Crippen LogP contribution in [0.5, 0.6) is 0 Å². The second kappa shape index (κ2) is 8.53. The van der Waals surface area contributed by atoms with Crippen LogP contribution in [0.4, 0.5) is 0 Å². The Morgan fingerprint density at radius 3 is 2.86 bits per heavy atom. The minimum atomic E-state index is -3.36. The molecule has 0 radical (unpaired) electrons. The summed E-state index contributed by atoms with van der Waals surface area (Å²) in [7, 11) is -3.36. The van der Waals surface area contributed by atoms with Gasteiger partial charge in [-0.25, -0.2) is 4.79 Å². The molecule has 0 N–H and O–H groups in total. The van der Waals surface area contributed by atoms with Crippen LogP contribution in [0.2, 0.25) is 0 Å². The van der Waals surface area contributed by atoms with E-state index in [4.69, 9.17) is 4.74 Å². The maximum atomic E-state index is 11.5. The number of ether oxygens (including phenoxy) is 1. The van der Waals surface area contributed by atoms with Gasteiger partial charge in [0.1, 0.15) is 6.61 Å². The van der Waals surface area contributed by atoms with E-state index in [-0.39, 0.29) is 18.9 Å². The van der Waals surface area contributed by atoms with E-state index >= 15 is 0 Å². The predicted molar refractivity (Wildman–Crippen MR) is 75.1 cm³/mol. The minimum absolute atomic E-state index is 0.131. The van der Waals surface area contributed by atoms with Gasteiger partial charge in [0.2, 0.25) is 0 Å². The van der Waals surface area contributed by atoms with Crippen LogP contribution >= 0.6 is 0 Å². The molecule has 0 aromatic carbocycles. The van der Waals surface area contributed by atoms with Crippen molar-refractivity contribution >= 4 is 16.1 Å². The number of carbonyl (C=O) groups excluding carboxylic acids is 1. The second-order valence-corrected chi connectivity index (χ2v) is 5.98. The molecule has 21 heavy (non-hydrogen) atoms. The molecule has 0 saturated carbocycles. The molecule has 0 aliphatic rings. The van der Waals surface area contributed by atoms with Crippen LogP contribution in [0.25, 0.3) is 0 Å². The summed E-state index contributed by atoms with van der Waals surface area (Å²) in [6, 6.07) is 0. The fourth-order valence-electron chi connectivity index (χ4n) is 1.47. The summed E-state index contributed by atoms with van der Waals surface area (Å²) in [5, 5.41) is 7.53. The Labute approximate surface area is 123 Å². The van der Waals surface area contributed by atoms with Gasteiger partial charge in [-0.2, -0.15) is 8.42 Å². The second-order valence-electron chi connectivity index (χ2n) is 4.34. The Bertz CT molecular complexity index is 567. The molecule has 0 aliphatic carbocycles. The summed E-state index contributed by atoms with van der Waals surface area (Å²) in [5.74, 6) is -0.539. The van der Waals surface area contributed by atoms with E-state index in [9.17, 15) is 13.2 Å². The molecule has 0 fully saturated rings. The monoisotopic (exact) mass is 317 g/mol. The number of hydrogen-bond donors (Lipinski definition) is 0. The summed E-state index contributed by atoms with van der Waals surface area (Å²) >= 11 is 0. The third kappa shape index (κ3) is 7.57. The number of nitrogens with zero attached hydrogens (tertiary/aromatic N) is 3. The highest BCUT2D eigenvalue weighted by atomic mass is 32.2. The average molecular weight is 317 g/mol. The van der Waals surface area contributed by atoms with Crippen molar-refractivity contribution in [3.63, 3.8) is 0 Å². The van der Waals surface area contributed by atoms with E-state index in [1.165, 1.54) is 12.3 Å². The standard InChI is InChI=1S/C12H19N3O5S/c1-3-8-19-12(16)11-10-15(14-13-11)7-5-4-6-9-20-21(2,17)18/h3,10H,1,4-9H2,2H3. The number of hydrogen-bond acceptors (Lipinski definition) is 7. The van der Waals surface area contributed by atoms with Gasteiger partial charge >= 0.3 is 5.97 Å². The van der Waals surface area contributed by atoms with Gasteiger partial charge in [-0.15, -0.1) is 5.10 Å². The minimum Gasteiger partial charge on any atom is -0.457 e. The van der Waals surface area contributed by atoms with Crippen LogP contribution < -0.4 is 0 Å². The number of unbranched alkanes of at least 4 members (excludes halogenated alkanes) is 2. The van der Waals surface area contributed by atoms with Crippen LogP contribution in [0.15, 0.2) is 18.9 Å². The summed E-state index contributed by atoms with van der Waals surface area (Å²) in [5.41, 5.74) is 0.150. The maximum Gasteiger partial charge on any atom is 0.360 e. The zero-order valence-corrected chi connectivity index (χ0v) is 12.7. The van der Waals surface area contributed by atoms with Crippen LogP contribution in [0.3, 0.4) is 0 Å². The third-order valence-electron chi connectivity index (χ3n) is 2.41. The molecule has 9 heteroatoms. The largest absolute Gasteiger partial charge is 0.457 e. The first kappa shape index (κ1) is 17.3. The van der Waals surface area contributed by atoms with Crippen LogP contribution in [-0.2, 0) is 25.6 Å². The van der Waals surface area contributed by atoms with Crippen LogP contribution in [0, 0.1) is 0 Å². The first-order valence-corrected chi connectivity index (χ1v) is 8.26. The maximum absolute atomic E-state index is 11.5. The Hall–Kier alpha value is -1.74. The smallest absolute Gasteiger partial charge is 0.360 e. The highest BCUT2D eigenvalue weighted by Crippen LogP contribution is 2.02. The van der Waals surface area contributed by atoms with Crippen LogP contribution in [-0.4, -0.2) is 48.9 Å². The molecule has 118 valence electrons. The lowest BCUT2D eigenvalue weighted by atomic mass is 10.2. The van der Waals surface area contributed by atoms with E-state index in [0.29, 0.717) is 13.0 Å². The molecule has 0 saturated heterocycles. The van der Waals surface area contributed by atoms with E-state index in [2.05, 4.69) is 21.1 Å². The molecular formula is C12H19N3O5S. The van der Waals surface area contributed by atoms with Gasteiger partial charge in [0.05, 0.1) is 19.1 Å². The Morgan fingerprint density at radius 1 is 1.43 bits per heavy atom. The number of aromatic nitrogens is 3. The Kier molecular flexibility index (Phi) is 7.03. The summed E-state index contributed by atoms with van der Waals surface area (Å²) in [6.45, 7) is 4.34. The lowest BCUT2D eigenvalue weighted by Gasteiger charge is -2.02. The van der Waals surface area contributed by atoms with Crippen molar-refractivity contribution in [2.75, 3.05) is 19.5 Å².